The van der Waals surface area contributed by atoms with Crippen molar-refractivity contribution >= 4 is 5.91 Å². The van der Waals surface area contributed by atoms with Gasteiger partial charge in [-0.3, -0.25) is 4.79 Å². The highest BCUT2D eigenvalue weighted by Crippen LogP contribution is 2.26. The highest BCUT2D eigenvalue weighted by Gasteiger charge is 2.29. The van der Waals surface area contributed by atoms with E-state index in [1.807, 2.05) is 0 Å². The van der Waals surface area contributed by atoms with Crippen molar-refractivity contribution in [2.45, 2.75) is 32.6 Å². The van der Waals surface area contributed by atoms with Crippen molar-refractivity contribution in [1.29, 1.82) is 0 Å². The van der Waals surface area contributed by atoms with Crippen LogP contribution in [0, 0.1) is 19.7 Å². The summed E-state index contributed by atoms with van der Waals surface area (Å²) in [5.41, 5.74) is 0.917. The van der Waals surface area contributed by atoms with Gasteiger partial charge >= 0.3 is 0 Å². The molecule has 0 aliphatic carbocycles. The third-order valence-electron chi connectivity index (χ3n) is 4.02. The maximum Gasteiger partial charge on any atom is 0.253 e. The lowest BCUT2D eigenvalue weighted by Crippen LogP contribution is -2.39. The maximum atomic E-state index is 13.6. The monoisotopic (exact) mass is 303 g/mol. The number of carbonyl (C=O) groups is 1. The number of likely N-dealkylation sites (tertiary alicyclic amines) is 1. The lowest BCUT2D eigenvalue weighted by atomic mass is 9.97. The minimum Gasteiger partial charge on any atom is -0.339 e. The molecule has 0 saturated carbocycles. The summed E-state index contributed by atoms with van der Waals surface area (Å²) in [5.74, 6) is 0.713. The SMILES string of the molecule is Cc1noc([C@H]2CCCN(C(=O)c3ccc(C)c(F)c3)C2)n1. The summed E-state index contributed by atoms with van der Waals surface area (Å²) in [6.45, 7) is 4.64. The Morgan fingerprint density at radius 1 is 1.41 bits per heavy atom. The topological polar surface area (TPSA) is 59.2 Å². The maximum absolute atomic E-state index is 13.6. The lowest BCUT2D eigenvalue weighted by Gasteiger charge is -2.31. The molecule has 0 radical (unpaired) electrons. The van der Waals surface area contributed by atoms with E-state index in [0.717, 1.165) is 12.8 Å². The molecule has 0 N–H and O–H groups in total. The zero-order valence-corrected chi connectivity index (χ0v) is 12.7. The summed E-state index contributed by atoms with van der Waals surface area (Å²) in [6, 6.07) is 4.60. The van der Waals surface area contributed by atoms with Crippen molar-refractivity contribution in [2.75, 3.05) is 13.1 Å². The Morgan fingerprint density at radius 3 is 2.91 bits per heavy atom. The van der Waals surface area contributed by atoms with Gasteiger partial charge in [-0.25, -0.2) is 4.39 Å². The first-order chi connectivity index (χ1) is 10.5. The number of benzene rings is 1. The second-order valence-corrected chi connectivity index (χ2v) is 5.73. The second kappa shape index (κ2) is 5.87. The largest absolute Gasteiger partial charge is 0.339 e. The Balaban J connectivity index is 1.76. The number of hydrogen-bond donors (Lipinski definition) is 0. The molecule has 1 aliphatic heterocycles. The third kappa shape index (κ3) is 2.86. The average Bonchev–Trinajstić information content (AvgIpc) is 2.96. The first kappa shape index (κ1) is 14.7. The Hall–Kier alpha value is -2.24. The van der Waals surface area contributed by atoms with Crippen LogP contribution >= 0.6 is 0 Å². The normalized spacial score (nSPS) is 18.5. The smallest absolute Gasteiger partial charge is 0.253 e. The van der Waals surface area contributed by atoms with Crippen LogP contribution in [0.25, 0.3) is 0 Å². The molecule has 0 bridgehead atoms. The van der Waals surface area contributed by atoms with Gasteiger partial charge in [-0.05, 0) is 44.4 Å². The molecule has 2 aromatic rings. The van der Waals surface area contributed by atoms with E-state index in [1.165, 1.54) is 6.07 Å². The van der Waals surface area contributed by atoms with Crippen LogP contribution in [0.5, 0.6) is 0 Å². The molecule has 116 valence electrons. The number of rotatable bonds is 2. The first-order valence-electron chi connectivity index (χ1n) is 7.40. The number of amides is 1. The molecule has 3 rings (SSSR count). The van der Waals surface area contributed by atoms with E-state index >= 15 is 0 Å². The van der Waals surface area contributed by atoms with E-state index in [4.69, 9.17) is 4.52 Å². The summed E-state index contributed by atoms with van der Waals surface area (Å²) in [6.07, 6.45) is 1.78. The van der Waals surface area contributed by atoms with Gasteiger partial charge in [-0.15, -0.1) is 0 Å². The number of nitrogens with zero attached hydrogens (tertiary/aromatic N) is 3. The summed E-state index contributed by atoms with van der Waals surface area (Å²) < 4.78 is 18.9. The van der Waals surface area contributed by atoms with Crippen molar-refractivity contribution in [2.24, 2.45) is 0 Å². The van der Waals surface area contributed by atoms with Gasteiger partial charge in [0.2, 0.25) is 5.89 Å². The van der Waals surface area contributed by atoms with E-state index in [-0.39, 0.29) is 17.6 Å². The number of aromatic nitrogens is 2. The molecule has 5 nitrogen and oxygen atoms in total. The number of aryl methyl sites for hydroxylation is 2. The van der Waals surface area contributed by atoms with E-state index in [2.05, 4.69) is 10.1 Å². The number of carbonyl (C=O) groups excluding carboxylic acids is 1. The van der Waals surface area contributed by atoms with E-state index in [0.29, 0.717) is 35.9 Å². The fourth-order valence-electron chi connectivity index (χ4n) is 2.75. The van der Waals surface area contributed by atoms with Gasteiger partial charge < -0.3 is 9.42 Å². The van der Waals surface area contributed by atoms with E-state index in [1.54, 1.807) is 30.9 Å². The number of hydrogen-bond acceptors (Lipinski definition) is 4. The van der Waals surface area contributed by atoms with Gasteiger partial charge in [0.15, 0.2) is 5.82 Å². The van der Waals surface area contributed by atoms with Crippen LogP contribution in [0.3, 0.4) is 0 Å². The van der Waals surface area contributed by atoms with Crippen molar-refractivity contribution < 1.29 is 13.7 Å². The zero-order chi connectivity index (χ0) is 15.7. The minimum absolute atomic E-state index is 0.0502. The van der Waals surface area contributed by atoms with Crippen molar-refractivity contribution in [3.63, 3.8) is 0 Å². The Labute approximate surface area is 128 Å². The van der Waals surface area contributed by atoms with Crippen molar-refractivity contribution in [3.8, 4) is 0 Å². The highest BCUT2D eigenvalue weighted by atomic mass is 19.1. The molecular formula is C16H18FN3O2. The Bertz CT molecular complexity index is 698. The highest BCUT2D eigenvalue weighted by molar-refractivity contribution is 5.94. The van der Waals surface area contributed by atoms with Gasteiger partial charge in [0.05, 0.1) is 5.92 Å². The molecule has 0 unspecified atom stereocenters. The van der Waals surface area contributed by atoms with Crippen LogP contribution in [0.15, 0.2) is 22.7 Å². The van der Waals surface area contributed by atoms with Gasteiger partial charge in [0.25, 0.3) is 5.91 Å². The molecule has 1 aromatic carbocycles. The number of halogens is 1. The summed E-state index contributed by atoms with van der Waals surface area (Å²) in [4.78, 5) is 18.5. The van der Waals surface area contributed by atoms with Crippen LogP contribution in [-0.4, -0.2) is 34.0 Å². The van der Waals surface area contributed by atoms with Gasteiger partial charge in [-0.2, -0.15) is 4.98 Å². The summed E-state index contributed by atoms with van der Waals surface area (Å²) in [5, 5.41) is 3.80. The molecule has 1 fully saturated rings. The zero-order valence-electron chi connectivity index (χ0n) is 12.7. The predicted octanol–water partition coefficient (Wildman–Crippen LogP) is 2.85. The molecule has 1 atom stereocenters. The summed E-state index contributed by atoms with van der Waals surface area (Å²) >= 11 is 0. The quantitative estimate of drug-likeness (QED) is 0.856. The lowest BCUT2D eigenvalue weighted by molar-refractivity contribution is 0.0695. The molecule has 6 heteroatoms. The third-order valence-corrected chi connectivity index (χ3v) is 4.02. The van der Waals surface area contributed by atoms with E-state index < -0.39 is 0 Å². The van der Waals surface area contributed by atoms with E-state index in [9.17, 15) is 9.18 Å². The molecule has 1 aromatic heterocycles. The molecular weight excluding hydrogens is 285 g/mol. The molecule has 0 spiro atoms. The van der Waals surface area contributed by atoms with Crippen LogP contribution in [0.2, 0.25) is 0 Å². The predicted molar refractivity (Wildman–Crippen MR) is 78.1 cm³/mol. The molecule has 2 heterocycles. The standard InChI is InChI=1S/C16H18FN3O2/c1-10-5-6-12(8-14(10)17)16(21)20-7-3-4-13(9-20)15-18-11(2)19-22-15/h5-6,8,13H,3-4,7,9H2,1-2H3/t13-/m0/s1. The second-order valence-electron chi connectivity index (χ2n) is 5.73. The average molecular weight is 303 g/mol. The molecule has 1 saturated heterocycles. The fourth-order valence-corrected chi connectivity index (χ4v) is 2.75. The summed E-state index contributed by atoms with van der Waals surface area (Å²) in [7, 11) is 0. The fraction of sp³-hybridized carbons (Fsp3) is 0.438. The number of piperidine rings is 1. The van der Waals surface area contributed by atoms with Crippen LogP contribution in [-0.2, 0) is 0 Å². The molecule has 22 heavy (non-hydrogen) atoms. The van der Waals surface area contributed by atoms with Crippen molar-refractivity contribution in [3.05, 3.63) is 46.9 Å². The van der Waals surface area contributed by atoms with Gasteiger partial charge in [-0.1, -0.05) is 11.2 Å². The van der Waals surface area contributed by atoms with Gasteiger partial charge in [0, 0.05) is 18.7 Å². The molecule has 1 aliphatic rings. The van der Waals surface area contributed by atoms with Crippen LogP contribution in [0.1, 0.15) is 46.4 Å². The Kier molecular flexibility index (Phi) is 3.92. The molecule has 1 amide bonds. The van der Waals surface area contributed by atoms with Crippen LogP contribution < -0.4 is 0 Å². The Morgan fingerprint density at radius 2 is 2.23 bits per heavy atom. The van der Waals surface area contributed by atoms with Crippen molar-refractivity contribution in [1.82, 2.24) is 15.0 Å². The minimum atomic E-state index is -0.355. The van der Waals surface area contributed by atoms with Crippen LogP contribution in [0.4, 0.5) is 4.39 Å². The van der Waals surface area contributed by atoms with Gasteiger partial charge in [0.1, 0.15) is 5.82 Å². The first-order valence-corrected chi connectivity index (χ1v) is 7.40.